The van der Waals surface area contributed by atoms with Crippen molar-refractivity contribution < 1.29 is 14.3 Å². The summed E-state index contributed by atoms with van der Waals surface area (Å²) in [5, 5.41) is 11.4. The number of rotatable bonds is 4. The van der Waals surface area contributed by atoms with E-state index in [1.807, 2.05) is 37.4 Å². The lowest BCUT2D eigenvalue weighted by molar-refractivity contribution is -0.189. The average molecular weight is 437 g/mol. The topological polar surface area (TPSA) is 37.3 Å². The van der Waals surface area contributed by atoms with Crippen LogP contribution in [0, 0.1) is 22.7 Å². The molecule has 3 fully saturated rings. The van der Waals surface area contributed by atoms with E-state index < -0.39 is 17.2 Å². The van der Waals surface area contributed by atoms with Gasteiger partial charge in [-0.1, -0.05) is 30.7 Å². The molecule has 160 valence electrons. The van der Waals surface area contributed by atoms with Gasteiger partial charge in [0.05, 0.1) is 10.2 Å². The Morgan fingerprint density at radius 1 is 1.31 bits per heavy atom. The molecule has 4 aliphatic carbocycles. The number of hydrogen-bond acceptors (Lipinski definition) is 4. The maximum absolute atomic E-state index is 17.1. The Hall–Kier alpha value is -0.520. The molecule has 7 atom stereocenters. The predicted octanol–water partition coefficient (Wildman–Crippen LogP) is 5.73. The first kappa shape index (κ1) is 21.7. The van der Waals surface area contributed by atoms with Crippen molar-refractivity contribution in [2.75, 3.05) is 12.0 Å². The van der Waals surface area contributed by atoms with Gasteiger partial charge in [0.25, 0.3) is 0 Å². The van der Waals surface area contributed by atoms with Crippen molar-refractivity contribution in [3.8, 4) is 0 Å². The van der Waals surface area contributed by atoms with E-state index in [2.05, 4.69) is 25.3 Å². The first-order valence-electron chi connectivity index (χ1n) is 10.8. The van der Waals surface area contributed by atoms with Crippen LogP contribution < -0.4 is 0 Å². The molecule has 0 aromatic rings. The van der Waals surface area contributed by atoms with Crippen molar-refractivity contribution >= 4 is 29.3 Å². The molecule has 0 aliphatic heterocycles. The van der Waals surface area contributed by atoms with Crippen molar-refractivity contribution in [1.82, 2.24) is 0 Å². The zero-order chi connectivity index (χ0) is 21.1. The fourth-order valence-corrected chi connectivity index (χ4v) is 10.2. The standard InChI is InChI=1S/C24H33FO2S2/c1-5-6-13-29-23(28-4)12-10-18-19-8-7-16-14-17(26)9-11-21(16,2)24(19,25)20(27)15-22(18,23)3/h5-6,9,11,14,18-20,27H,7-8,10,12-13,15H2,1-4H3/t18-,19-,20-,21-,22-,23-,24?/m0/s1. The molecule has 0 saturated heterocycles. The molecular weight excluding hydrogens is 403 g/mol. The minimum Gasteiger partial charge on any atom is -0.390 e. The van der Waals surface area contributed by atoms with Gasteiger partial charge in [-0.2, -0.15) is 0 Å². The highest BCUT2D eigenvalue weighted by atomic mass is 32.2. The summed E-state index contributed by atoms with van der Waals surface area (Å²) in [5.74, 6) is 0.979. The second-order valence-corrected chi connectivity index (χ2v) is 12.3. The van der Waals surface area contributed by atoms with E-state index >= 15 is 4.39 Å². The Kier molecular flexibility index (Phi) is 5.44. The average Bonchev–Trinajstić information content (AvgIpc) is 2.96. The lowest BCUT2D eigenvalue weighted by Crippen LogP contribution is -2.67. The number of carbonyl (C=O) groups excluding carboxylic acids is 1. The van der Waals surface area contributed by atoms with Crippen LogP contribution in [0.25, 0.3) is 0 Å². The van der Waals surface area contributed by atoms with Gasteiger partial charge < -0.3 is 5.11 Å². The Labute approximate surface area is 182 Å². The lowest BCUT2D eigenvalue weighted by Gasteiger charge is -2.63. The SMILES string of the molecule is CC=CCS[C@@]1(SC)CC[C@H]2[C@@H]3CCC4=CC(=O)C=C[C@]4(C)C3(F)[C@@H](O)C[C@@]21C. The Bertz CT molecular complexity index is 792. The zero-order valence-corrected chi connectivity index (χ0v) is 19.5. The van der Waals surface area contributed by atoms with Gasteiger partial charge >= 0.3 is 0 Å². The molecular formula is C24H33FO2S2. The maximum atomic E-state index is 17.1. The van der Waals surface area contributed by atoms with Gasteiger partial charge in [0.2, 0.25) is 0 Å². The molecule has 29 heavy (non-hydrogen) atoms. The Morgan fingerprint density at radius 2 is 2.07 bits per heavy atom. The van der Waals surface area contributed by atoms with Crippen molar-refractivity contribution in [2.45, 2.75) is 68.7 Å². The summed E-state index contributed by atoms with van der Waals surface area (Å²) in [6, 6.07) is 0. The number of carbonyl (C=O) groups is 1. The number of allylic oxidation sites excluding steroid dienone is 5. The first-order chi connectivity index (χ1) is 13.7. The molecule has 5 heteroatoms. The number of aliphatic hydroxyl groups is 1. The number of hydrogen-bond donors (Lipinski definition) is 1. The summed E-state index contributed by atoms with van der Waals surface area (Å²) in [6.07, 6.45) is 14.3. The molecule has 1 unspecified atom stereocenters. The van der Waals surface area contributed by atoms with Crippen molar-refractivity contribution in [3.05, 3.63) is 36.0 Å². The summed E-state index contributed by atoms with van der Waals surface area (Å²) >= 11 is 3.88. The molecule has 0 aromatic heterocycles. The van der Waals surface area contributed by atoms with Crippen molar-refractivity contribution in [2.24, 2.45) is 22.7 Å². The molecule has 3 saturated carbocycles. The Morgan fingerprint density at radius 3 is 2.76 bits per heavy atom. The van der Waals surface area contributed by atoms with E-state index in [0.29, 0.717) is 6.42 Å². The fraction of sp³-hybridized carbons (Fsp3) is 0.708. The molecule has 0 spiro atoms. The van der Waals surface area contributed by atoms with Crippen LogP contribution >= 0.6 is 23.5 Å². The van der Waals surface area contributed by atoms with Gasteiger partial charge in [-0.05, 0) is 75.7 Å². The third kappa shape index (κ3) is 2.75. The van der Waals surface area contributed by atoms with Crippen molar-refractivity contribution in [1.29, 1.82) is 0 Å². The molecule has 0 radical (unpaired) electrons. The molecule has 2 nitrogen and oxygen atoms in total. The molecule has 0 amide bonds. The van der Waals surface area contributed by atoms with E-state index in [9.17, 15) is 9.90 Å². The molecule has 4 aliphatic rings. The van der Waals surface area contributed by atoms with E-state index in [1.54, 1.807) is 12.2 Å². The summed E-state index contributed by atoms with van der Waals surface area (Å²) in [5.41, 5.74) is -1.83. The van der Waals surface area contributed by atoms with Gasteiger partial charge in [-0.25, -0.2) is 4.39 Å². The predicted molar refractivity (Wildman–Crippen MR) is 122 cm³/mol. The third-order valence-corrected chi connectivity index (χ3v) is 12.3. The number of alkyl halides is 1. The van der Waals surface area contributed by atoms with E-state index in [0.717, 1.165) is 37.0 Å². The highest BCUT2D eigenvalue weighted by molar-refractivity contribution is 8.18. The van der Waals surface area contributed by atoms with E-state index in [-0.39, 0.29) is 27.1 Å². The number of fused-ring (bicyclic) bond motifs is 5. The van der Waals surface area contributed by atoms with Gasteiger partial charge in [-0.3, -0.25) is 4.79 Å². The second kappa shape index (κ2) is 7.27. The fourth-order valence-electron chi connectivity index (χ4n) is 7.07. The first-order valence-corrected chi connectivity index (χ1v) is 13.0. The highest BCUT2D eigenvalue weighted by Crippen LogP contribution is 2.73. The normalized spacial score (nSPS) is 49.0. The number of halogens is 1. The van der Waals surface area contributed by atoms with Crippen LogP contribution in [0.15, 0.2) is 36.0 Å². The highest BCUT2D eigenvalue weighted by Gasteiger charge is 2.72. The Balaban J connectivity index is 1.74. The molecule has 4 rings (SSSR count). The van der Waals surface area contributed by atoms with E-state index in [1.165, 1.54) is 6.08 Å². The smallest absolute Gasteiger partial charge is 0.178 e. The molecule has 0 aromatic carbocycles. The quantitative estimate of drug-likeness (QED) is 0.451. The summed E-state index contributed by atoms with van der Waals surface area (Å²) in [4.78, 5) is 11.9. The zero-order valence-electron chi connectivity index (χ0n) is 17.9. The van der Waals surface area contributed by atoms with Gasteiger partial charge in [0.1, 0.15) is 0 Å². The largest absolute Gasteiger partial charge is 0.390 e. The number of ketones is 1. The van der Waals surface area contributed by atoms with Gasteiger partial charge in [0, 0.05) is 17.1 Å². The second-order valence-electron chi connectivity index (χ2n) is 9.64. The van der Waals surface area contributed by atoms with Crippen LogP contribution in [0.1, 0.15) is 52.9 Å². The minimum atomic E-state index is -1.71. The van der Waals surface area contributed by atoms with Crippen LogP contribution in [0.5, 0.6) is 0 Å². The minimum absolute atomic E-state index is 0.00881. The summed E-state index contributed by atoms with van der Waals surface area (Å²) < 4.78 is 17.1. The summed E-state index contributed by atoms with van der Waals surface area (Å²) in [6.45, 7) is 6.25. The monoisotopic (exact) mass is 436 g/mol. The van der Waals surface area contributed by atoms with Crippen LogP contribution in [0.2, 0.25) is 0 Å². The van der Waals surface area contributed by atoms with Crippen LogP contribution in [0.4, 0.5) is 4.39 Å². The number of thioether (sulfide) groups is 2. The summed E-state index contributed by atoms with van der Waals surface area (Å²) in [7, 11) is 0. The molecule has 0 heterocycles. The lowest BCUT2D eigenvalue weighted by atomic mass is 9.46. The third-order valence-electron chi connectivity index (χ3n) is 8.66. The van der Waals surface area contributed by atoms with Crippen LogP contribution in [0.3, 0.4) is 0 Å². The van der Waals surface area contributed by atoms with Crippen molar-refractivity contribution in [3.63, 3.8) is 0 Å². The van der Waals surface area contributed by atoms with Crippen LogP contribution in [-0.4, -0.2) is 38.8 Å². The molecule has 1 N–H and O–H groups in total. The molecule has 0 bridgehead atoms. The van der Waals surface area contributed by atoms with E-state index in [4.69, 9.17) is 0 Å². The van der Waals surface area contributed by atoms with Gasteiger partial charge in [-0.15, -0.1) is 23.5 Å². The number of aliphatic hydroxyl groups excluding tert-OH is 1. The maximum Gasteiger partial charge on any atom is 0.178 e. The van der Waals surface area contributed by atoms with Gasteiger partial charge in [0.15, 0.2) is 11.5 Å². The van der Waals surface area contributed by atoms with Crippen LogP contribution in [-0.2, 0) is 4.79 Å².